The Morgan fingerprint density at radius 3 is 2.66 bits per heavy atom. The number of carbonyl (C=O) groups is 4. The van der Waals surface area contributed by atoms with E-state index >= 15 is 0 Å². The lowest BCUT2D eigenvalue weighted by Gasteiger charge is -2.36. The molecule has 4 aromatic rings. The number of phenols is 1. The van der Waals surface area contributed by atoms with Crippen LogP contribution in [-0.2, 0) is 54.6 Å². The second-order valence-electron chi connectivity index (χ2n) is 16.5. The molecule has 4 heterocycles. The number of cyclic esters (lactones) is 1. The molecule has 1 unspecified atom stereocenters. The van der Waals surface area contributed by atoms with Crippen molar-refractivity contribution in [1.29, 1.82) is 0 Å². The van der Waals surface area contributed by atoms with Crippen molar-refractivity contribution < 1.29 is 33.8 Å². The summed E-state index contributed by atoms with van der Waals surface area (Å²) < 4.78 is 13.9. The van der Waals surface area contributed by atoms with E-state index in [0.717, 1.165) is 50.6 Å². The van der Waals surface area contributed by atoms with Gasteiger partial charge >= 0.3 is 5.97 Å². The Balaban J connectivity index is 1.52. The highest BCUT2D eigenvalue weighted by atomic mass is 16.5. The number of esters is 1. The number of hydrazine groups is 1. The van der Waals surface area contributed by atoms with Crippen molar-refractivity contribution >= 4 is 34.6 Å². The number of phenolic OH excluding ortho intramolecular Hbond substituents is 1. The molecule has 2 aliphatic rings. The van der Waals surface area contributed by atoms with E-state index < -0.39 is 47.2 Å². The maximum Gasteiger partial charge on any atom is 0.324 e. The molecule has 0 radical (unpaired) electrons. The summed E-state index contributed by atoms with van der Waals surface area (Å²) in [5, 5.41) is 16.5. The van der Waals surface area contributed by atoms with Gasteiger partial charge in [-0.15, -0.1) is 0 Å². The van der Waals surface area contributed by atoms with Crippen LogP contribution in [0.2, 0.25) is 0 Å². The number of aromatic hydroxyl groups is 1. The first-order valence-electron chi connectivity index (χ1n) is 20.0. The van der Waals surface area contributed by atoms with Crippen LogP contribution in [0.15, 0.2) is 67.4 Å². The van der Waals surface area contributed by atoms with E-state index in [1.54, 1.807) is 25.4 Å². The van der Waals surface area contributed by atoms with Gasteiger partial charge in [0.15, 0.2) is 0 Å². The van der Waals surface area contributed by atoms with Crippen LogP contribution >= 0.6 is 0 Å². The molecule has 13 nitrogen and oxygen atoms in total. The van der Waals surface area contributed by atoms with Gasteiger partial charge in [0.2, 0.25) is 11.8 Å². The lowest BCUT2D eigenvalue weighted by Crippen LogP contribution is -2.62. The van der Waals surface area contributed by atoms with Gasteiger partial charge in [0.1, 0.15) is 23.9 Å². The first kappa shape index (κ1) is 42.1. The molecule has 2 aromatic heterocycles. The molecule has 308 valence electrons. The number of methoxy groups -OCH3 is 1. The van der Waals surface area contributed by atoms with E-state index in [1.807, 2.05) is 32.0 Å². The van der Waals surface area contributed by atoms with Crippen molar-refractivity contribution in [2.45, 2.75) is 91.6 Å². The normalized spacial score (nSPS) is 19.0. The van der Waals surface area contributed by atoms with E-state index in [4.69, 9.17) is 14.5 Å². The Morgan fingerprint density at radius 1 is 1.17 bits per heavy atom. The Hall–Kier alpha value is -5.53. The molecule has 3 amide bonds. The van der Waals surface area contributed by atoms with Crippen LogP contribution in [0.4, 0.5) is 0 Å². The van der Waals surface area contributed by atoms with Gasteiger partial charge in [-0.25, -0.2) is 5.43 Å². The number of aryl methyl sites for hydroxylation is 1. The Morgan fingerprint density at radius 2 is 1.95 bits per heavy atom. The van der Waals surface area contributed by atoms with Crippen molar-refractivity contribution in [3.63, 3.8) is 0 Å². The fraction of sp³-hybridized carbons (Fsp3) is 0.444. The molecule has 2 aromatic carbocycles. The summed E-state index contributed by atoms with van der Waals surface area (Å²) >= 11 is 0. The molecule has 0 aliphatic carbocycles. The third-order valence-corrected chi connectivity index (χ3v) is 11.1. The monoisotopic (exact) mass is 792 g/mol. The predicted molar refractivity (Wildman–Crippen MR) is 222 cm³/mol. The molecule has 2 aliphatic heterocycles. The number of hydrogen-bond donors (Lipinski definition) is 3. The second kappa shape index (κ2) is 17.5. The number of carbonyl (C=O) groups excluding carboxylic acids is 4. The zero-order chi connectivity index (χ0) is 41.9. The SMILES string of the molecule is C=CC(=O)N(C)C(C(=O)N[C@H]1Cc2cc(O)cc(c2)-c2ccc3c(c2)c(c(-c2cccnc2COC)n3CC)CC(C)(C)COC(=O)[C@@H]2CCCN(N2)C1=O)C(C)C. The second-order valence-corrected chi connectivity index (χ2v) is 16.5. The Labute approximate surface area is 340 Å². The Kier molecular flexibility index (Phi) is 12.7. The van der Waals surface area contributed by atoms with Crippen molar-refractivity contribution in [2.24, 2.45) is 11.3 Å². The number of benzene rings is 2. The molecule has 3 atom stereocenters. The molecule has 1 fully saturated rings. The standard InChI is InChI=1S/C45H56N6O7/c1-9-39(53)49(7)40(27(3)4)42(54)47-36-21-28-19-30(22-31(52)20-28)29-15-16-38-33(23-29)34(41(50(38)10-2)32-13-11-17-46-37(32)25-57-8)24-45(5,6)26-58-44(56)35-14-12-18-51(48-35)43(36)55/h9,11,13,15-17,19-20,22-23,27,35-36,40,48,52H,1,10,12,14,18,21,24-26H2,2-8H3,(H,47,54)/t35-,36-,40?/m0/s1. The summed E-state index contributed by atoms with van der Waals surface area (Å²) in [5.74, 6) is -2.16. The van der Waals surface area contributed by atoms with Gasteiger partial charge in [0.25, 0.3) is 5.91 Å². The third kappa shape index (κ3) is 8.80. The first-order chi connectivity index (χ1) is 27.7. The van der Waals surface area contributed by atoms with Gasteiger partial charge in [-0.3, -0.25) is 29.2 Å². The number of ether oxygens (including phenoxy) is 2. The van der Waals surface area contributed by atoms with Crippen LogP contribution < -0.4 is 10.7 Å². The van der Waals surface area contributed by atoms with Crippen LogP contribution in [0.25, 0.3) is 33.3 Å². The van der Waals surface area contributed by atoms with Gasteiger partial charge < -0.3 is 29.4 Å². The number of amides is 3. The molecule has 3 N–H and O–H groups in total. The number of rotatable bonds is 9. The molecule has 13 heteroatoms. The van der Waals surface area contributed by atoms with Crippen LogP contribution in [0, 0.1) is 11.3 Å². The third-order valence-electron chi connectivity index (χ3n) is 11.1. The number of fused-ring (bicyclic) bond motifs is 6. The van der Waals surface area contributed by atoms with Crippen molar-refractivity contribution in [3.8, 4) is 28.1 Å². The van der Waals surface area contributed by atoms with E-state index in [-0.39, 0.29) is 24.7 Å². The fourth-order valence-electron chi connectivity index (χ4n) is 8.38. The van der Waals surface area contributed by atoms with Crippen LogP contribution in [0.1, 0.15) is 64.3 Å². The van der Waals surface area contributed by atoms with Crippen LogP contribution in [0.3, 0.4) is 0 Å². The zero-order valence-electron chi connectivity index (χ0n) is 34.6. The van der Waals surface area contributed by atoms with Gasteiger partial charge in [-0.1, -0.05) is 46.4 Å². The average molecular weight is 793 g/mol. The number of pyridine rings is 1. The number of hydrogen-bond acceptors (Lipinski definition) is 9. The average Bonchev–Trinajstić information content (AvgIpc) is 3.50. The topological polar surface area (TPSA) is 155 Å². The summed E-state index contributed by atoms with van der Waals surface area (Å²) in [6.07, 6.45) is 4.47. The molecule has 0 spiro atoms. The number of likely N-dealkylation sites (N-methyl/N-ethyl adjacent to an activating group) is 1. The van der Waals surface area contributed by atoms with Crippen LogP contribution in [0.5, 0.6) is 5.75 Å². The maximum absolute atomic E-state index is 14.4. The van der Waals surface area contributed by atoms with E-state index in [2.05, 4.69) is 60.9 Å². The van der Waals surface area contributed by atoms with Crippen LogP contribution in [-0.4, -0.2) is 93.7 Å². The minimum absolute atomic E-state index is 0.00236. The largest absolute Gasteiger partial charge is 0.508 e. The smallest absolute Gasteiger partial charge is 0.324 e. The van der Waals surface area contributed by atoms with Gasteiger partial charge in [0.05, 0.1) is 24.6 Å². The molecule has 6 bridgehead atoms. The number of nitrogens with zero attached hydrogens (tertiary/aromatic N) is 4. The van der Waals surface area contributed by atoms with Crippen molar-refractivity contribution in [1.82, 2.24) is 30.2 Å². The number of aromatic nitrogens is 2. The van der Waals surface area contributed by atoms with Gasteiger partial charge in [-0.2, -0.15) is 0 Å². The fourth-order valence-corrected chi connectivity index (χ4v) is 8.38. The zero-order valence-corrected chi connectivity index (χ0v) is 34.6. The molecule has 0 saturated carbocycles. The van der Waals surface area contributed by atoms with Gasteiger partial charge in [-0.05, 0) is 96.8 Å². The van der Waals surface area contributed by atoms with E-state index in [0.29, 0.717) is 44.5 Å². The van der Waals surface area contributed by atoms with E-state index in [9.17, 15) is 24.3 Å². The summed E-state index contributed by atoms with van der Waals surface area (Å²) in [5.41, 5.74) is 9.63. The molecule has 6 rings (SSSR count). The van der Waals surface area contributed by atoms with Crippen molar-refractivity contribution in [3.05, 3.63) is 84.2 Å². The predicted octanol–water partition coefficient (Wildman–Crippen LogP) is 5.56. The quantitative estimate of drug-likeness (QED) is 0.146. The molecule has 1 saturated heterocycles. The molecular formula is C45H56N6O7. The minimum Gasteiger partial charge on any atom is -0.508 e. The van der Waals surface area contributed by atoms with Gasteiger partial charge in [0, 0.05) is 61.7 Å². The first-order valence-corrected chi connectivity index (χ1v) is 20.0. The Bertz CT molecular complexity index is 2210. The lowest BCUT2D eigenvalue weighted by atomic mass is 9.84. The highest BCUT2D eigenvalue weighted by Gasteiger charge is 2.37. The lowest BCUT2D eigenvalue weighted by molar-refractivity contribution is -0.155. The van der Waals surface area contributed by atoms with Crippen molar-refractivity contribution in [2.75, 3.05) is 27.3 Å². The molecular weight excluding hydrogens is 737 g/mol. The summed E-state index contributed by atoms with van der Waals surface area (Å²) in [6.45, 7) is 14.9. The maximum atomic E-state index is 14.4. The summed E-state index contributed by atoms with van der Waals surface area (Å²) in [6, 6.07) is 12.6. The van der Waals surface area contributed by atoms with E-state index in [1.165, 1.54) is 17.0 Å². The highest BCUT2D eigenvalue weighted by Crippen LogP contribution is 2.41. The highest BCUT2D eigenvalue weighted by molar-refractivity contribution is 5.96. The summed E-state index contributed by atoms with van der Waals surface area (Å²) in [4.78, 5) is 60.9. The minimum atomic E-state index is -1.12. The molecule has 58 heavy (non-hydrogen) atoms. The summed E-state index contributed by atoms with van der Waals surface area (Å²) in [7, 11) is 3.18. The number of nitrogens with one attached hydrogen (secondary N) is 2.